The fraction of sp³-hybridized carbons (Fsp3) is 0.174. The van der Waals surface area contributed by atoms with Crippen LogP contribution in [0.25, 0.3) is 0 Å². The summed E-state index contributed by atoms with van der Waals surface area (Å²) in [6, 6.07) is 20.1. The molecule has 1 heterocycles. The van der Waals surface area contributed by atoms with Crippen LogP contribution in [-0.4, -0.2) is 27.4 Å². The second kappa shape index (κ2) is 8.99. The third kappa shape index (κ3) is 4.84. The van der Waals surface area contributed by atoms with E-state index < -0.39 is 10.0 Å². The van der Waals surface area contributed by atoms with Crippen molar-refractivity contribution >= 4 is 44.6 Å². The number of amides is 1. The highest BCUT2D eigenvalue weighted by Crippen LogP contribution is 2.29. The third-order valence-corrected chi connectivity index (χ3v) is 6.82. The molecule has 0 aromatic heterocycles. The Morgan fingerprint density at radius 2 is 1.55 bits per heavy atom. The Labute approximate surface area is 186 Å². The number of nitrogens with one attached hydrogen (secondary N) is 2. The molecule has 31 heavy (non-hydrogen) atoms. The number of benzene rings is 3. The molecule has 1 fully saturated rings. The lowest BCUT2D eigenvalue weighted by molar-refractivity contribution is 0.102. The molecule has 0 unspecified atom stereocenters. The van der Waals surface area contributed by atoms with Gasteiger partial charge in [0.2, 0.25) is 0 Å². The average Bonchev–Trinajstić information content (AvgIpc) is 3.30. The molecule has 0 aliphatic carbocycles. The highest BCUT2D eigenvalue weighted by molar-refractivity contribution is 7.92. The van der Waals surface area contributed by atoms with Gasteiger partial charge in [-0.2, -0.15) is 0 Å². The van der Waals surface area contributed by atoms with E-state index in [1.807, 2.05) is 24.3 Å². The minimum absolute atomic E-state index is 0.0205. The van der Waals surface area contributed by atoms with Crippen molar-refractivity contribution in [2.45, 2.75) is 17.7 Å². The fourth-order valence-corrected chi connectivity index (χ4v) is 4.92. The Kier molecular flexibility index (Phi) is 6.15. The van der Waals surface area contributed by atoms with Gasteiger partial charge < -0.3 is 10.2 Å². The van der Waals surface area contributed by atoms with Gasteiger partial charge in [-0.05, 0) is 55.3 Å². The van der Waals surface area contributed by atoms with E-state index in [0.29, 0.717) is 10.7 Å². The highest BCUT2D eigenvalue weighted by atomic mass is 35.5. The lowest BCUT2D eigenvalue weighted by Gasteiger charge is -2.21. The lowest BCUT2D eigenvalue weighted by Crippen LogP contribution is -2.21. The van der Waals surface area contributed by atoms with Crippen molar-refractivity contribution in [2.24, 2.45) is 0 Å². The Hall–Kier alpha value is -3.03. The molecule has 1 saturated heterocycles. The maximum absolute atomic E-state index is 12.9. The smallest absolute Gasteiger partial charge is 0.261 e. The van der Waals surface area contributed by atoms with Gasteiger partial charge in [0, 0.05) is 18.7 Å². The van der Waals surface area contributed by atoms with Crippen LogP contribution in [0.3, 0.4) is 0 Å². The van der Waals surface area contributed by atoms with Crippen molar-refractivity contribution in [3.8, 4) is 0 Å². The molecule has 0 spiro atoms. The molecular formula is C23H22ClN3O3S. The van der Waals surface area contributed by atoms with Crippen molar-refractivity contribution in [3.63, 3.8) is 0 Å². The first-order valence-corrected chi connectivity index (χ1v) is 11.8. The summed E-state index contributed by atoms with van der Waals surface area (Å²) in [6.45, 7) is 1.91. The summed E-state index contributed by atoms with van der Waals surface area (Å²) in [5.41, 5.74) is 2.20. The number of carbonyl (C=O) groups excluding carboxylic acids is 1. The summed E-state index contributed by atoms with van der Waals surface area (Å²) in [5, 5.41) is 3.21. The molecule has 0 radical (unpaired) electrons. The minimum Gasteiger partial charge on any atom is -0.370 e. The molecule has 160 valence electrons. The summed E-state index contributed by atoms with van der Waals surface area (Å²) >= 11 is 6.06. The average molecular weight is 456 g/mol. The van der Waals surface area contributed by atoms with Crippen molar-refractivity contribution in [3.05, 3.63) is 83.4 Å². The van der Waals surface area contributed by atoms with Crippen LogP contribution < -0.4 is 14.9 Å². The number of halogens is 1. The molecule has 1 aliphatic heterocycles. The van der Waals surface area contributed by atoms with Gasteiger partial charge in [-0.1, -0.05) is 41.9 Å². The predicted octanol–water partition coefficient (Wildman–Crippen LogP) is 4.99. The van der Waals surface area contributed by atoms with Gasteiger partial charge in [-0.3, -0.25) is 9.52 Å². The zero-order valence-electron chi connectivity index (χ0n) is 16.7. The summed E-state index contributed by atoms with van der Waals surface area (Å²) < 4.78 is 28.1. The zero-order chi connectivity index (χ0) is 21.8. The molecular weight excluding hydrogens is 434 g/mol. The summed E-state index contributed by atoms with van der Waals surface area (Å²) in [6.07, 6.45) is 2.25. The Bertz CT molecular complexity index is 1210. The largest absolute Gasteiger partial charge is 0.370 e. The lowest BCUT2D eigenvalue weighted by atomic mass is 10.2. The quantitative estimate of drug-likeness (QED) is 0.548. The van der Waals surface area contributed by atoms with Gasteiger partial charge >= 0.3 is 0 Å². The van der Waals surface area contributed by atoms with Gasteiger partial charge in [0.25, 0.3) is 15.9 Å². The standard InChI is InChI=1S/C23H22ClN3O3S/c24-19-10-1-2-11-20(19)26-31(29,30)18-9-7-8-17(16-18)23(28)25-21-12-3-4-13-22(21)27-14-5-6-15-27/h1-4,7-13,16,26H,5-6,14-15H2,(H,25,28). The number of sulfonamides is 1. The first kappa shape index (κ1) is 21.2. The van der Waals surface area contributed by atoms with Crippen LogP contribution in [0, 0.1) is 0 Å². The maximum Gasteiger partial charge on any atom is 0.261 e. The van der Waals surface area contributed by atoms with Gasteiger partial charge in [0.1, 0.15) is 0 Å². The number of hydrogen-bond acceptors (Lipinski definition) is 4. The monoisotopic (exact) mass is 455 g/mol. The number of rotatable bonds is 6. The van der Waals surface area contributed by atoms with Crippen LogP contribution in [0.5, 0.6) is 0 Å². The molecule has 8 heteroatoms. The van der Waals surface area contributed by atoms with E-state index in [1.165, 1.54) is 12.1 Å². The van der Waals surface area contributed by atoms with E-state index in [0.717, 1.165) is 31.6 Å². The first-order chi connectivity index (χ1) is 14.9. The maximum atomic E-state index is 12.9. The molecule has 0 bridgehead atoms. The molecule has 3 aromatic carbocycles. The Morgan fingerprint density at radius 1 is 0.871 bits per heavy atom. The number of para-hydroxylation sites is 3. The molecule has 0 atom stereocenters. The predicted molar refractivity (Wildman–Crippen MR) is 125 cm³/mol. The zero-order valence-corrected chi connectivity index (χ0v) is 18.3. The molecule has 1 aliphatic rings. The number of carbonyl (C=O) groups is 1. The second-order valence-corrected chi connectivity index (χ2v) is 9.37. The van der Waals surface area contributed by atoms with Crippen molar-refractivity contribution in [1.29, 1.82) is 0 Å². The summed E-state index contributed by atoms with van der Waals surface area (Å²) in [4.78, 5) is 15.1. The van der Waals surface area contributed by atoms with Gasteiger partial charge in [-0.15, -0.1) is 0 Å². The van der Waals surface area contributed by atoms with E-state index in [9.17, 15) is 13.2 Å². The van der Waals surface area contributed by atoms with Crippen LogP contribution in [0.2, 0.25) is 5.02 Å². The van der Waals surface area contributed by atoms with E-state index in [-0.39, 0.29) is 22.1 Å². The number of anilines is 3. The van der Waals surface area contributed by atoms with E-state index in [1.54, 1.807) is 36.4 Å². The number of nitrogens with zero attached hydrogens (tertiary/aromatic N) is 1. The molecule has 4 rings (SSSR count). The second-order valence-electron chi connectivity index (χ2n) is 7.28. The SMILES string of the molecule is O=C(Nc1ccccc1N1CCCC1)c1cccc(S(=O)(=O)Nc2ccccc2Cl)c1. The van der Waals surface area contributed by atoms with Crippen LogP contribution in [0.4, 0.5) is 17.1 Å². The Balaban J connectivity index is 1.56. The first-order valence-electron chi connectivity index (χ1n) is 9.97. The normalized spacial score (nSPS) is 13.8. The molecule has 6 nitrogen and oxygen atoms in total. The van der Waals surface area contributed by atoms with Gasteiger partial charge in [0.15, 0.2) is 0 Å². The summed E-state index contributed by atoms with van der Waals surface area (Å²) in [5.74, 6) is -0.374. The molecule has 3 aromatic rings. The van der Waals surface area contributed by atoms with Gasteiger partial charge in [0.05, 0.1) is 27.0 Å². The van der Waals surface area contributed by atoms with Crippen LogP contribution in [0.1, 0.15) is 23.2 Å². The van der Waals surface area contributed by atoms with Crippen molar-refractivity contribution < 1.29 is 13.2 Å². The topological polar surface area (TPSA) is 78.5 Å². The van der Waals surface area contributed by atoms with Crippen molar-refractivity contribution in [1.82, 2.24) is 0 Å². The Morgan fingerprint density at radius 3 is 2.29 bits per heavy atom. The van der Waals surface area contributed by atoms with E-state index >= 15 is 0 Å². The molecule has 1 amide bonds. The van der Waals surface area contributed by atoms with Gasteiger partial charge in [-0.25, -0.2) is 8.42 Å². The fourth-order valence-electron chi connectivity index (χ4n) is 3.56. The van der Waals surface area contributed by atoms with Crippen LogP contribution in [-0.2, 0) is 10.0 Å². The molecule has 2 N–H and O–H groups in total. The van der Waals surface area contributed by atoms with E-state index in [2.05, 4.69) is 14.9 Å². The highest BCUT2D eigenvalue weighted by Gasteiger charge is 2.20. The van der Waals surface area contributed by atoms with Crippen LogP contribution >= 0.6 is 11.6 Å². The van der Waals surface area contributed by atoms with E-state index in [4.69, 9.17) is 11.6 Å². The third-order valence-electron chi connectivity index (χ3n) is 5.12. The number of hydrogen-bond donors (Lipinski definition) is 2. The molecule has 0 saturated carbocycles. The van der Waals surface area contributed by atoms with Crippen molar-refractivity contribution in [2.75, 3.05) is 28.0 Å². The minimum atomic E-state index is -3.91. The summed E-state index contributed by atoms with van der Waals surface area (Å²) in [7, 11) is -3.91. The van der Waals surface area contributed by atoms with Crippen LogP contribution in [0.15, 0.2) is 77.7 Å².